The third-order valence-electron chi connectivity index (χ3n) is 3.48. The number of hydrogen-bond acceptors (Lipinski definition) is 3. The first kappa shape index (κ1) is 13.3. The highest BCUT2D eigenvalue weighted by Gasteiger charge is 2.20. The van der Waals surface area contributed by atoms with Gasteiger partial charge in [-0.1, -0.05) is 19.3 Å². The van der Waals surface area contributed by atoms with Crippen LogP contribution in [0.1, 0.15) is 32.6 Å². The van der Waals surface area contributed by atoms with Gasteiger partial charge in [-0.2, -0.15) is 0 Å². The minimum atomic E-state index is -0.383. The molecule has 1 aliphatic rings. The number of rotatable bonds is 5. The zero-order valence-electron chi connectivity index (χ0n) is 10.4. The molecular formula is C13H17BrN2O2. The van der Waals surface area contributed by atoms with Crippen molar-refractivity contribution in [3.05, 3.63) is 32.8 Å². The maximum Gasteiger partial charge on any atom is 0.270 e. The van der Waals surface area contributed by atoms with Crippen LogP contribution in [-0.4, -0.2) is 11.0 Å². The predicted molar refractivity (Wildman–Crippen MR) is 75.8 cm³/mol. The Balaban J connectivity index is 1.97. The summed E-state index contributed by atoms with van der Waals surface area (Å²) < 4.78 is 0.747. The predicted octanol–water partition coefficient (Wildman–Crippen LogP) is 4.35. The molecule has 0 radical (unpaired) electrons. The minimum Gasteiger partial charge on any atom is -0.382 e. The fraction of sp³-hybridized carbons (Fsp3) is 0.538. The smallest absolute Gasteiger partial charge is 0.270 e. The molecule has 0 aromatic heterocycles. The number of non-ortho nitro benzene ring substituents is 1. The van der Waals surface area contributed by atoms with Crippen molar-refractivity contribution >= 4 is 27.3 Å². The van der Waals surface area contributed by atoms with Gasteiger partial charge in [-0.3, -0.25) is 10.1 Å². The van der Waals surface area contributed by atoms with Crippen LogP contribution in [0.15, 0.2) is 22.7 Å². The monoisotopic (exact) mass is 312 g/mol. The summed E-state index contributed by atoms with van der Waals surface area (Å²) in [4.78, 5) is 10.3. The number of nitrogens with one attached hydrogen (secondary N) is 1. The third kappa shape index (κ3) is 3.22. The number of nitro groups is 1. The zero-order valence-corrected chi connectivity index (χ0v) is 11.9. The van der Waals surface area contributed by atoms with E-state index in [2.05, 4.69) is 28.2 Å². The van der Waals surface area contributed by atoms with Crippen LogP contribution in [0, 0.1) is 16.0 Å². The van der Waals surface area contributed by atoms with Gasteiger partial charge in [0.05, 0.1) is 4.92 Å². The lowest BCUT2D eigenvalue weighted by atomic mass is 9.81. The Kier molecular flexibility index (Phi) is 4.22. The Morgan fingerprint density at radius 1 is 1.56 bits per heavy atom. The Labute approximate surface area is 115 Å². The van der Waals surface area contributed by atoms with E-state index in [1.165, 1.54) is 31.7 Å². The molecular weight excluding hydrogens is 296 g/mol. The first-order valence-corrected chi connectivity index (χ1v) is 7.06. The van der Waals surface area contributed by atoms with Gasteiger partial charge in [0.1, 0.15) is 0 Å². The topological polar surface area (TPSA) is 55.2 Å². The Hall–Kier alpha value is -1.10. The summed E-state index contributed by atoms with van der Waals surface area (Å²) in [5.41, 5.74) is 1.03. The van der Waals surface area contributed by atoms with Gasteiger partial charge in [-0.25, -0.2) is 0 Å². The fourth-order valence-corrected chi connectivity index (χ4v) is 2.77. The van der Waals surface area contributed by atoms with Gasteiger partial charge in [-0.15, -0.1) is 0 Å². The van der Waals surface area contributed by atoms with Crippen molar-refractivity contribution < 1.29 is 4.92 Å². The quantitative estimate of drug-likeness (QED) is 0.649. The maximum atomic E-state index is 10.6. The van der Waals surface area contributed by atoms with Gasteiger partial charge in [0, 0.05) is 28.3 Å². The van der Waals surface area contributed by atoms with Crippen molar-refractivity contribution in [1.82, 2.24) is 0 Å². The fourth-order valence-electron chi connectivity index (χ4n) is 2.29. The second-order valence-corrected chi connectivity index (χ2v) is 5.85. The maximum absolute atomic E-state index is 10.6. The van der Waals surface area contributed by atoms with E-state index in [1.807, 2.05) is 0 Å². The molecule has 1 atom stereocenters. The highest BCUT2D eigenvalue weighted by atomic mass is 79.9. The Morgan fingerprint density at radius 3 is 2.78 bits per heavy atom. The molecule has 1 N–H and O–H groups in total. The molecule has 18 heavy (non-hydrogen) atoms. The minimum absolute atomic E-state index is 0.110. The van der Waals surface area contributed by atoms with E-state index in [9.17, 15) is 10.1 Å². The van der Waals surface area contributed by atoms with Crippen LogP contribution in [0.25, 0.3) is 0 Å². The normalized spacial score (nSPS) is 17.0. The van der Waals surface area contributed by atoms with Gasteiger partial charge in [0.25, 0.3) is 5.69 Å². The van der Waals surface area contributed by atoms with Crippen molar-refractivity contribution in [3.63, 3.8) is 0 Å². The number of benzene rings is 1. The summed E-state index contributed by atoms with van der Waals surface area (Å²) in [5.74, 6) is 0.851. The van der Waals surface area contributed by atoms with Gasteiger partial charge < -0.3 is 5.32 Å². The second kappa shape index (κ2) is 5.69. The van der Waals surface area contributed by atoms with Crippen molar-refractivity contribution in [2.24, 2.45) is 5.92 Å². The average Bonchev–Trinajstić information content (AvgIpc) is 2.26. The van der Waals surface area contributed by atoms with Gasteiger partial charge in [0.2, 0.25) is 0 Å². The summed E-state index contributed by atoms with van der Waals surface area (Å²) >= 11 is 3.37. The largest absolute Gasteiger partial charge is 0.382 e. The molecule has 1 fully saturated rings. The molecule has 0 heterocycles. The zero-order chi connectivity index (χ0) is 13.1. The number of anilines is 1. The molecule has 5 heteroatoms. The summed E-state index contributed by atoms with van der Waals surface area (Å²) in [5, 5.41) is 14.0. The van der Waals surface area contributed by atoms with Crippen LogP contribution < -0.4 is 5.32 Å². The van der Waals surface area contributed by atoms with Gasteiger partial charge in [-0.05, 0) is 41.3 Å². The molecule has 1 unspecified atom stereocenters. The number of nitrogens with zero attached hydrogens (tertiary/aromatic N) is 1. The lowest BCUT2D eigenvalue weighted by molar-refractivity contribution is -0.384. The Morgan fingerprint density at radius 2 is 2.28 bits per heavy atom. The van der Waals surface area contributed by atoms with E-state index >= 15 is 0 Å². The molecule has 2 rings (SSSR count). The molecule has 1 aromatic carbocycles. The van der Waals surface area contributed by atoms with Crippen LogP contribution in [0.2, 0.25) is 0 Å². The first-order valence-electron chi connectivity index (χ1n) is 6.26. The highest BCUT2D eigenvalue weighted by molar-refractivity contribution is 9.10. The Bertz CT molecular complexity index is 447. The van der Waals surface area contributed by atoms with Crippen LogP contribution >= 0.6 is 15.9 Å². The summed E-state index contributed by atoms with van der Waals surface area (Å²) in [6.07, 6.45) is 5.21. The molecule has 0 bridgehead atoms. The molecule has 1 saturated carbocycles. The lowest BCUT2D eigenvalue weighted by Gasteiger charge is -2.29. The number of hydrogen-bond donors (Lipinski definition) is 1. The van der Waals surface area contributed by atoms with Crippen molar-refractivity contribution in [2.75, 3.05) is 5.32 Å². The molecule has 0 spiro atoms. The standard InChI is InChI=1S/C13H17BrN2O2/c1-9(7-10-3-2-4-10)15-13-6-5-11(16(17)18)8-12(13)14/h5-6,8-10,15H,2-4,7H2,1H3. The number of nitro benzene ring substituents is 1. The van der Waals surface area contributed by atoms with Crippen LogP contribution in [0.5, 0.6) is 0 Å². The second-order valence-electron chi connectivity index (χ2n) is 5.00. The van der Waals surface area contributed by atoms with Crippen molar-refractivity contribution in [2.45, 2.75) is 38.6 Å². The third-order valence-corrected chi connectivity index (χ3v) is 4.13. The molecule has 0 amide bonds. The molecule has 0 saturated heterocycles. The van der Waals surface area contributed by atoms with E-state index in [0.29, 0.717) is 6.04 Å². The van der Waals surface area contributed by atoms with Crippen LogP contribution in [0.3, 0.4) is 0 Å². The number of halogens is 1. The summed E-state index contributed by atoms with van der Waals surface area (Å²) in [6, 6.07) is 5.23. The molecule has 1 aliphatic carbocycles. The summed E-state index contributed by atoms with van der Waals surface area (Å²) in [6.45, 7) is 2.16. The van der Waals surface area contributed by atoms with Crippen molar-refractivity contribution in [1.29, 1.82) is 0 Å². The highest BCUT2D eigenvalue weighted by Crippen LogP contribution is 2.32. The molecule has 1 aromatic rings. The molecule has 4 nitrogen and oxygen atoms in total. The summed E-state index contributed by atoms with van der Waals surface area (Å²) in [7, 11) is 0. The van der Waals surface area contributed by atoms with Gasteiger partial charge >= 0.3 is 0 Å². The van der Waals surface area contributed by atoms with Crippen LogP contribution in [-0.2, 0) is 0 Å². The lowest BCUT2D eigenvalue weighted by Crippen LogP contribution is -2.23. The van der Waals surface area contributed by atoms with E-state index in [0.717, 1.165) is 16.1 Å². The molecule has 98 valence electrons. The van der Waals surface area contributed by atoms with E-state index < -0.39 is 0 Å². The van der Waals surface area contributed by atoms with E-state index in [4.69, 9.17) is 0 Å². The van der Waals surface area contributed by atoms with E-state index in [1.54, 1.807) is 12.1 Å². The van der Waals surface area contributed by atoms with Gasteiger partial charge in [0.15, 0.2) is 0 Å². The average molecular weight is 313 g/mol. The SMILES string of the molecule is CC(CC1CCC1)Nc1ccc([N+](=O)[O-])cc1Br. The first-order chi connectivity index (χ1) is 8.56. The van der Waals surface area contributed by atoms with Crippen LogP contribution in [0.4, 0.5) is 11.4 Å². The van der Waals surface area contributed by atoms with E-state index in [-0.39, 0.29) is 10.6 Å². The molecule has 0 aliphatic heterocycles. The van der Waals surface area contributed by atoms with Crippen molar-refractivity contribution in [3.8, 4) is 0 Å².